The molecule has 0 aromatic carbocycles. The molecule has 0 spiro atoms. The van der Waals surface area contributed by atoms with Crippen LogP contribution in [0.4, 0.5) is 0 Å². The summed E-state index contributed by atoms with van der Waals surface area (Å²) in [5, 5.41) is 8.27. The van der Waals surface area contributed by atoms with E-state index in [4.69, 9.17) is 9.84 Å². The highest BCUT2D eigenvalue weighted by atomic mass is 16.5. The molecule has 0 aromatic heterocycles. The molecule has 0 atom stereocenters. The fourth-order valence-electron chi connectivity index (χ4n) is 2.95. The van der Waals surface area contributed by atoms with Crippen LogP contribution in [0.5, 0.6) is 0 Å². The van der Waals surface area contributed by atoms with Crippen molar-refractivity contribution in [1.82, 2.24) is 0 Å². The van der Waals surface area contributed by atoms with Crippen LogP contribution in [0.3, 0.4) is 0 Å². The Morgan fingerprint density at radius 1 is 0.556 bits per heavy atom. The van der Waals surface area contributed by atoms with Crippen molar-refractivity contribution < 1.29 is 14.6 Å². The van der Waals surface area contributed by atoms with Gasteiger partial charge in [0.05, 0.1) is 0 Å². The Bertz CT molecular complexity index is 252. The summed E-state index contributed by atoms with van der Waals surface area (Å²) in [5.74, 6) is -0.670. The van der Waals surface area contributed by atoms with Gasteiger partial charge < -0.3 is 9.84 Å². The van der Waals surface area contributed by atoms with Crippen molar-refractivity contribution in [2.45, 2.75) is 136 Å². The van der Waals surface area contributed by atoms with Crippen LogP contribution in [-0.2, 0) is 9.53 Å². The molecule has 0 amide bonds. The standard InChI is InChI=1S/C16H34O.C8H16O2/c1-3-5-7-9-10-11-12-14-16-17-15-13-8-6-4-2;1-2-3-4-5-6-7-8(9)10/h3-16H2,1-2H3;2-7H2,1H3,(H,9,10). The van der Waals surface area contributed by atoms with Crippen LogP contribution in [0, 0.1) is 0 Å². The van der Waals surface area contributed by atoms with Crippen molar-refractivity contribution in [2.24, 2.45) is 0 Å². The lowest BCUT2D eigenvalue weighted by Crippen LogP contribution is -1.97. The molecule has 0 saturated heterocycles. The Morgan fingerprint density at radius 3 is 1.30 bits per heavy atom. The van der Waals surface area contributed by atoms with Gasteiger partial charge in [0.1, 0.15) is 0 Å². The lowest BCUT2D eigenvalue weighted by molar-refractivity contribution is -0.137. The van der Waals surface area contributed by atoms with E-state index in [1.54, 1.807) is 0 Å². The smallest absolute Gasteiger partial charge is 0.303 e. The fraction of sp³-hybridized carbons (Fsp3) is 0.958. The zero-order valence-electron chi connectivity index (χ0n) is 18.9. The summed E-state index contributed by atoms with van der Waals surface area (Å²) in [6, 6.07) is 0. The van der Waals surface area contributed by atoms with Crippen molar-refractivity contribution in [2.75, 3.05) is 13.2 Å². The van der Waals surface area contributed by atoms with E-state index in [0.717, 1.165) is 26.1 Å². The first kappa shape index (κ1) is 28.6. The van der Waals surface area contributed by atoms with Crippen LogP contribution in [0.2, 0.25) is 0 Å². The third-order valence-electron chi connectivity index (χ3n) is 4.78. The molecule has 0 heterocycles. The van der Waals surface area contributed by atoms with Crippen molar-refractivity contribution in [3.63, 3.8) is 0 Å². The van der Waals surface area contributed by atoms with Gasteiger partial charge in [0, 0.05) is 19.6 Å². The molecule has 0 unspecified atom stereocenters. The van der Waals surface area contributed by atoms with Gasteiger partial charge in [-0.2, -0.15) is 0 Å². The molecule has 0 bridgehead atoms. The van der Waals surface area contributed by atoms with E-state index in [1.807, 2.05) is 0 Å². The second-order valence-electron chi connectivity index (χ2n) is 7.71. The van der Waals surface area contributed by atoms with Gasteiger partial charge in [-0.05, 0) is 19.3 Å². The van der Waals surface area contributed by atoms with Gasteiger partial charge in [0.25, 0.3) is 0 Å². The third kappa shape index (κ3) is 33.4. The number of carboxylic acids is 1. The van der Waals surface area contributed by atoms with E-state index in [1.165, 1.54) is 96.3 Å². The maximum absolute atomic E-state index is 10.0. The largest absolute Gasteiger partial charge is 0.481 e. The number of unbranched alkanes of at least 4 members (excludes halogenated alkanes) is 14. The average Bonchev–Trinajstić information content (AvgIpc) is 2.66. The molecular formula is C24H50O3. The number of carboxylic acid groups (broad SMARTS) is 1. The number of ether oxygens (including phenoxy) is 1. The van der Waals surface area contributed by atoms with Crippen LogP contribution in [0.25, 0.3) is 0 Å². The first-order valence-electron chi connectivity index (χ1n) is 12.0. The van der Waals surface area contributed by atoms with Crippen LogP contribution < -0.4 is 0 Å². The molecule has 0 aliphatic rings. The number of aliphatic carboxylic acids is 1. The number of hydrogen-bond donors (Lipinski definition) is 1. The first-order chi connectivity index (χ1) is 13.2. The fourth-order valence-corrected chi connectivity index (χ4v) is 2.95. The number of hydrogen-bond acceptors (Lipinski definition) is 2. The molecule has 0 saturated carbocycles. The molecule has 0 aromatic rings. The average molecular weight is 387 g/mol. The highest BCUT2D eigenvalue weighted by Crippen LogP contribution is 2.08. The monoisotopic (exact) mass is 386 g/mol. The van der Waals surface area contributed by atoms with Gasteiger partial charge in [0.15, 0.2) is 0 Å². The summed E-state index contributed by atoms with van der Waals surface area (Å²) >= 11 is 0. The zero-order valence-corrected chi connectivity index (χ0v) is 18.9. The maximum atomic E-state index is 10.0. The van der Waals surface area contributed by atoms with E-state index >= 15 is 0 Å². The lowest BCUT2D eigenvalue weighted by Gasteiger charge is -2.04. The van der Waals surface area contributed by atoms with Gasteiger partial charge in [0.2, 0.25) is 0 Å². The molecule has 3 heteroatoms. The Morgan fingerprint density at radius 2 is 0.889 bits per heavy atom. The third-order valence-corrected chi connectivity index (χ3v) is 4.78. The topological polar surface area (TPSA) is 46.5 Å². The highest BCUT2D eigenvalue weighted by molar-refractivity contribution is 5.66. The minimum Gasteiger partial charge on any atom is -0.481 e. The second-order valence-corrected chi connectivity index (χ2v) is 7.71. The maximum Gasteiger partial charge on any atom is 0.303 e. The predicted molar refractivity (Wildman–Crippen MR) is 119 cm³/mol. The Hall–Kier alpha value is -0.570. The van der Waals surface area contributed by atoms with Crippen LogP contribution >= 0.6 is 0 Å². The van der Waals surface area contributed by atoms with Crippen molar-refractivity contribution in [1.29, 1.82) is 0 Å². The molecule has 0 aliphatic heterocycles. The SMILES string of the molecule is CCCCCCCC(=O)O.CCCCCCCCCCOCCCCCC. The summed E-state index contributed by atoms with van der Waals surface area (Å²) in [6.45, 7) is 8.65. The lowest BCUT2D eigenvalue weighted by atomic mass is 10.1. The number of rotatable bonds is 20. The highest BCUT2D eigenvalue weighted by Gasteiger charge is 1.95. The van der Waals surface area contributed by atoms with Gasteiger partial charge in [-0.15, -0.1) is 0 Å². The summed E-state index contributed by atoms with van der Waals surface area (Å²) in [7, 11) is 0. The molecule has 1 N–H and O–H groups in total. The second kappa shape index (κ2) is 27.6. The summed E-state index contributed by atoms with van der Waals surface area (Å²) < 4.78 is 5.63. The number of carbonyl (C=O) groups is 1. The van der Waals surface area contributed by atoms with E-state index in [9.17, 15) is 4.79 Å². The van der Waals surface area contributed by atoms with E-state index in [-0.39, 0.29) is 0 Å². The quantitative estimate of drug-likeness (QED) is 0.215. The zero-order chi connectivity index (χ0) is 20.4. The van der Waals surface area contributed by atoms with Gasteiger partial charge in [-0.3, -0.25) is 4.79 Å². The van der Waals surface area contributed by atoms with E-state index < -0.39 is 5.97 Å². The molecule has 3 nitrogen and oxygen atoms in total. The van der Waals surface area contributed by atoms with Crippen LogP contribution in [0.1, 0.15) is 136 Å². The summed E-state index contributed by atoms with van der Waals surface area (Å²) in [6.07, 6.45) is 22.3. The Kier molecular flexibility index (Phi) is 29.3. The predicted octanol–water partition coefficient (Wildman–Crippen LogP) is 8.16. The molecule has 164 valence electrons. The molecule has 0 aliphatic carbocycles. The summed E-state index contributed by atoms with van der Waals surface area (Å²) in [4.78, 5) is 10.0. The minimum atomic E-state index is -0.670. The van der Waals surface area contributed by atoms with Gasteiger partial charge >= 0.3 is 5.97 Å². The van der Waals surface area contributed by atoms with Gasteiger partial charge in [-0.25, -0.2) is 0 Å². The Balaban J connectivity index is 0. The van der Waals surface area contributed by atoms with Crippen molar-refractivity contribution >= 4 is 5.97 Å². The van der Waals surface area contributed by atoms with Gasteiger partial charge in [-0.1, -0.05) is 111 Å². The molecule has 27 heavy (non-hydrogen) atoms. The Labute approximate surface area is 170 Å². The van der Waals surface area contributed by atoms with E-state index in [0.29, 0.717) is 6.42 Å². The van der Waals surface area contributed by atoms with E-state index in [2.05, 4.69) is 20.8 Å². The van der Waals surface area contributed by atoms with Crippen molar-refractivity contribution in [3.8, 4) is 0 Å². The minimum absolute atomic E-state index is 0.337. The van der Waals surface area contributed by atoms with Crippen LogP contribution in [-0.4, -0.2) is 24.3 Å². The molecule has 0 radical (unpaired) electrons. The molecule has 0 fully saturated rings. The molecule has 0 rings (SSSR count). The van der Waals surface area contributed by atoms with Crippen molar-refractivity contribution in [3.05, 3.63) is 0 Å². The normalized spacial score (nSPS) is 10.5. The summed E-state index contributed by atoms with van der Waals surface area (Å²) in [5.41, 5.74) is 0. The molecular weight excluding hydrogens is 336 g/mol. The van der Waals surface area contributed by atoms with Crippen LogP contribution in [0.15, 0.2) is 0 Å². The first-order valence-corrected chi connectivity index (χ1v) is 12.0.